The Balaban J connectivity index is 2.34. The van der Waals surface area contributed by atoms with Crippen molar-refractivity contribution in [3.8, 4) is 5.75 Å². The second-order valence-corrected chi connectivity index (χ2v) is 6.37. The van der Waals surface area contributed by atoms with Gasteiger partial charge in [-0.2, -0.15) is 0 Å². The van der Waals surface area contributed by atoms with Crippen LogP contribution in [0.2, 0.25) is 0 Å². The molecule has 0 bridgehead atoms. The van der Waals surface area contributed by atoms with Crippen LogP contribution in [0, 0.1) is 11.8 Å². The van der Waals surface area contributed by atoms with Crippen molar-refractivity contribution in [1.29, 1.82) is 0 Å². The third-order valence-corrected chi connectivity index (χ3v) is 4.31. The van der Waals surface area contributed by atoms with Crippen LogP contribution in [0.5, 0.6) is 5.75 Å². The van der Waals surface area contributed by atoms with Crippen LogP contribution in [0.25, 0.3) is 0 Å². The molecule has 1 aromatic carbocycles. The Kier molecular flexibility index (Phi) is 4.19. The molecular formula is C17H26O2. The summed E-state index contributed by atoms with van der Waals surface area (Å²) in [4.78, 5) is 0. The van der Waals surface area contributed by atoms with E-state index in [1.54, 1.807) is 0 Å². The SMILES string of the molecule is CC1CCC(O)(c2ccccc2OC(C)C)C(C)C1. The van der Waals surface area contributed by atoms with Gasteiger partial charge >= 0.3 is 0 Å². The topological polar surface area (TPSA) is 29.5 Å². The first kappa shape index (κ1) is 14.4. The quantitative estimate of drug-likeness (QED) is 0.888. The first-order chi connectivity index (χ1) is 8.93. The Morgan fingerprint density at radius 1 is 1.26 bits per heavy atom. The van der Waals surface area contributed by atoms with Gasteiger partial charge in [0.05, 0.1) is 11.7 Å². The second-order valence-electron chi connectivity index (χ2n) is 6.37. The molecule has 3 atom stereocenters. The van der Waals surface area contributed by atoms with E-state index in [0.717, 1.165) is 30.6 Å². The highest BCUT2D eigenvalue weighted by Crippen LogP contribution is 2.46. The maximum Gasteiger partial charge on any atom is 0.125 e. The van der Waals surface area contributed by atoms with E-state index in [9.17, 15) is 5.11 Å². The number of benzene rings is 1. The molecular weight excluding hydrogens is 236 g/mol. The molecule has 2 nitrogen and oxygen atoms in total. The fourth-order valence-corrected chi connectivity index (χ4v) is 3.21. The van der Waals surface area contributed by atoms with Gasteiger partial charge < -0.3 is 9.84 Å². The number of ether oxygens (including phenoxy) is 1. The summed E-state index contributed by atoms with van der Waals surface area (Å²) in [6.45, 7) is 8.47. The molecule has 2 heteroatoms. The molecule has 0 aromatic heterocycles. The van der Waals surface area contributed by atoms with Gasteiger partial charge in [0.2, 0.25) is 0 Å². The number of para-hydroxylation sites is 1. The molecule has 0 amide bonds. The van der Waals surface area contributed by atoms with E-state index in [0.29, 0.717) is 5.92 Å². The van der Waals surface area contributed by atoms with Gasteiger partial charge in [-0.15, -0.1) is 0 Å². The lowest BCUT2D eigenvalue weighted by Crippen LogP contribution is -2.39. The van der Waals surface area contributed by atoms with Crippen LogP contribution >= 0.6 is 0 Å². The van der Waals surface area contributed by atoms with Crippen molar-refractivity contribution in [2.24, 2.45) is 11.8 Å². The number of rotatable bonds is 3. The summed E-state index contributed by atoms with van der Waals surface area (Å²) in [7, 11) is 0. The smallest absolute Gasteiger partial charge is 0.125 e. The largest absolute Gasteiger partial charge is 0.491 e. The van der Waals surface area contributed by atoms with Crippen LogP contribution in [0.15, 0.2) is 24.3 Å². The van der Waals surface area contributed by atoms with Gasteiger partial charge in [-0.25, -0.2) is 0 Å². The van der Waals surface area contributed by atoms with Crippen molar-refractivity contribution in [1.82, 2.24) is 0 Å². The van der Waals surface area contributed by atoms with Crippen molar-refractivity contribution in [2.45, 2.75) is 58.7 Å². The fourth-order valence-electron chi connectivity index (χ4n) is 3.21. The minimum atomic E-state index is -0.738. The zero-order valence-corrected chi connectivity index (χ0v) is 12.5. The highest BCUT2D eigenvalue weighted by molar-refractivity contribution is 5.39. The Morgan fingerprint density at radius 3 is 2.58 bits per heavy atom. The number of hydrogen-bond acceptors (Lipinski definition) is 2. The minimum Gasteiger partial charge on any atom is -0.491 e. The van der Waals surface area contributed by atoms with Crippen LogP contribution < -0.4 is 4.74 Å². The fraction of sp³-hybridized carbons (Fsp3) is 0.647. The first-order valence-corrected chi connectivity index (χ1v) is 7.42. The van der Waals surface area contributed by atoms with Crippen molar-refractivity contribution >= 4 is 0 Å². The molecule has 3 unspecified atom stereocenters. The molecule has 0 radical (unpaired) electrons. The van der Waals surface area contributed by atoms with Crippen molar-refractivity contribution in [2.75, 3.05) is 0 Å². The molecule has 1 saturated carbocycles. The van der Waals surface area contributed by atoms with Crippen molar-refractivity contribution < 1.29 is 9.84 Å². The number of aliphatic hydroxyl groups is 1. The predicted molar refractivity (Wildman–Crippen MR) is 78.3 cm³/mol. The minimum absolute atomic E-state index is 0.127. The van der Waals surface area contributed by atoms with Gasteiger partial charge in [-0.3, -0.25) is 0 Å². The molecule has 0 saturated heterocycles. The Hall–Kier alpha value is -1.02. The summed E-state index contributed by atoms with van der Waals surface area (Å²) in [5.41, 5.74) is 0.223. The van der Waals surface area contributed by atoms with E-state index in [1.165, 1.54) is 0 Å². The molecule has 0 spiro atoms. The van der Waals surface area contributed by atoms with E-state index >= 15 is 0 Å². The van der Waals surface area contributed by atoms with Crippen molar-refractivity contribution in [3.05, 3.63) is 29.8 Å². The number of hydrogen-bond donors (Lipinski definition) is 1. The van der Waals surface area contributed by atoms with E-state index in [-0.39, 0.29) is 12.0 Å². The molecule has 19 heavy (non-hydrogen) atoms. The summed E-state index contributed by atoms with van der Waals surface area (Å²) in [6, 6.07) is 7.95. The van der Waals surface area contributed by atoms with Gasteiger partial charge in [-0.05, 0) is 51.0 Å². The molecule has 1 aromatic rings. The average molecular weight is 262 g/mol. The maximum atomic E-state index is 11.1. The van der Waals surface area contributed by atoms with Crippen LogP contribution in [-0.4, -0.2) is 11.2 Å². The average Bonchev–Trinajstić information content (AvgIpc) is 2.34. The van der Waals surface area contributed by atoms with Gasteiger partial charge in [0.25, 0.3) is 0 Å². The summed E-state index contributed by atoms with van der Waals surface area (Å²) in [5.74, 6) is 1.81. The van der Waals surface area contributed by atoms with E-state index in [1.807, 2.05) is 38.1 Å². The van der Waals surface area contributed by atoms with Crippen molar-refractivity contribution in [3.63, 3.8) is 0 Å². The molecule has 1 aliphatic rings. The molecule has 1 aliphatic carbocycles. The van der Waals surface area contributed by atoms with E-state index < -0.39 is 5.60 Å². The van der Waals surface area contributed by atoms with Crippen LogP contribution in [-0.2, 0) is 5.60 Å². The highest BCUT2D eigenvalue weighted by Gasteiger charge is 2.41. The molecule has 1 N–H and O–H groups in total. The van der Waals surface area contributed by atoms with Crippen LogP contribution in [0.4, 0.5) is 0 Å². The lowest BCUT2D eigenvalue weighted by molar-refractivity contribution is -0.0608. The molecule has 1 fully saturated rings. The second kappa shape index (κ2) is 5.54. The Labute approximate surface area is 116 Å². The van der Waals surface area contributed by atoms with Gasteiger partial charge in [-0.1, -0.05) is 32.0 Å². The third kappa shape index (κ3) is 2.94. The molecule has 0 aliphatic heterocycles. The normalized spacial score (nSPS) is 31.5. The van der Waals surface area contributed by atoms with Gasteiger partial charge in [0.1, 0.15) is 5.75 Å². The lowest BCUT2D eigenvalue weighted by atomic mass is 9.69. The maximum absolute atomic E-state index is 11.1. The van der Waals surface area contributed by atoms with Crippen LogP contribution in [0.3, 0.4) is 0 Å². The van der Waals surface area contributed by atoms with Gasteiger partial charge in [0.15, 0.2) is 0 Å². The predicted octanol–water partition coefficient (Wildman–Crippen LogP) is 4.12. The van der Waals surface area contributed by atoms with Gasteiger partial charge in [0, 0.05) is 5.56 Å². The monoisotopic (exact) mass is 262 g/mol. The Bertz CT molecular complexity index is 427. The molecule has 0 heterocycles. The van der Waals surface area contributed by atoms with E-state index in [2.05, 4.69) is 13.8 Å². The zero-order chi connectivity index (χ0) is 14.0. The third-order valence-electron chi connectivity index (χ3n) is 4.31. The summed E-state index contributed by atoms with van der Waals surface area (Å²) < 4.78 is 5.88. The first-order valence-electron chi connectivity index (χ1n) is 7.42. The summed E-state index contributed by atoms with van der Waals surface area (Å²) in [6.07, 6.45) is 3.11. The standard InChI is InChI=1S/C17H26O2/c1-12(2)19-16-8-6-5-7-15(16)17(18)10-9-13(3)11-14(17)4/h5-8,12-14,18H,9-11H2,1-4H3. The van der Waals surface area contributed by atoms with Crippen LogP contribution in [0.1, 0.15) is 52.5 Å². The van der Waals surface area contributed by atoms with E-state index in [4.69, 9.17) is 4.74 Å². The highest BCUT2D eigenvalue weighted by atomic mass is 16.5. The summed E-state index contributed by atoms with van der Waals surface area (Å²) in [5, 5.41) is 11.1. The molecule has 2 rings (SSSR count). The Morgan fingerprint density at radius 2 is 1.95 bits per heavy atom. The lowest BCUT2D eigenvalue weighted by Gasteiger charge is -2.41. The summed E-state index contributed by atoms with van der Waals surface area (Å²) >= 11 is 0. The zero-order valence-electron chi connectivity index (χ0n) is 12.5. The molecule has 106 valence electrons.